The molecule has 11 heteroatoms. The molecule has 5 N–H and O–H groups in total. The molecule has 0 saturated heterocycles. The Morgan fingerprint density at radius 2 is 1.61 bits per heavy atom. The van der Waals surface area contributed by atoms with Crippen molar-refractivity contribution in [3.05, 3.63) is 118 Å². The molecule has 0 spiro atoms. The zero-order chi connectivity index (χ0) is 28.9. The number of fused-ring (bicyclic) bond motifs is 1. The Hall–Kier alpha value is -5.42. The Balaban J connectivity index is 1.51. The van der Waals surface area contributed by atoms with E-state index in [9.17, 15) is 28.3 Å². The van der Waals surface area contributed by atoms with Crippen LogP contribution in [0.25, 0.3) is 22.2 Å². The van der Waals surface area contributed by atoms with E-state index in [1.165, 1.54) is 12.3 Å². The summed E-state index contributed by atoms with van der Waals surface area (Å²) in [5.41, 5.74) is 2.03. The van der Waals surface area contributed by atoms with Crippen LogP contribution in [0.15, 0.2) is 89.9 Å². The van der Waals surface area contributed by atoms with E-state index in [-0.39, 0.29) is 29.9 Å². The number of aliphatic hydroxyl groups excluding tert-OH is 1. The molecule has 0 radical (unpaired) electrons. The summed E-state index contributed by atoms with van der Waals surface area (Å²) in [7, 11) is 0. The minimum Gasteiger partial charge on any atom is -0.395 e. The normalized spacial score (nSPS) is 10.8. The Labute approximate surface area is 231 Å². The molecular formula is C30H23F2N5O4. The van der Waals surface area contributed by atoms with Crippen molar-refractivity contribution in [3.63, 3.8) is 0 Å². The van der Waals surface area contributed by atoms with Gasteiger partial charge in [0.2, 0.25) is 0 Å². The molecule has 0 bridgehead atoms. The number of nitrogens with one attached hydrogen (secondary N) is 4. The number of rotatable bonds is 8. The fourth-order valence-electron chi connectivity index (χ4n) is 4.32. The Bertz CT molecular complexity index is 1810. The van der Waals surface area contributed by atoms with Crippen molar-refractivity contribution >= 4 is 39.9 Å². The summed E-state index contributed by atoms with van der Waals surface area (Å²) in [4.78, 5) is 45.5. The fourth-order valence-corrected chi connectivity index (χ4v) is 4.32. The van der Waals surface area contributed by atoms with E-state index < -0.39 is 29.0 Å². The average molecular weight is 556 g/mol. The number of pyridine rings is 2. The Kier molecular flexibility index (Phi) is 7.79. The summed E-state index contributed by atoms with van der Waals surface area (Å²) in [5, 5.41) is 18.1. The van der Waals surface area contributed by atoms with Crippen molar-refractivity contribution in [1.29, 1.82) is 0 Å². The van der Waals surface area contributed by atoms with Crippen LogP contribution in [0.5, 0.6) is 0 Å². The van der Waals surface area contributed by atoms with E-state index >= 15 is 0 Å². The molecular weight excluding hydrogens is 532 g/mol. The number of anilines is 3. The van der Waals surface area contributed by atoms with Gasteiger partial charge in [0.25, 0.3) is 17.4 Å². The second-order valence-corrected chi connectivity index (χ2v) is 8.92. The molecule has 5 rings (SSSR count). The number of aliphatic hydroxyl groups is 1. The Morgan fingerprint density at radius 1 is 0.878 bits per heavy atom. The monoisotopic (exact) mass is 555 g/mol. The topological polar surface area (TPSA) is 136 Å². The summed E-state index contributed by atoms with van der Waals surface area (Å²) in [5.74, 6) is -3.41. The Morgan fingerprint density at radius 3 is 2.32 bits per heavy atom. The summed E-state index contributed by atoms with van der Waals surface area (Å²) >= 11 is 0. The standard InChI is InChI=1S/C30H23F2N5O4/c31-21-11-6-18(16-22(21)32)28(39)36-20-9-7-19(8-10-20)35-23-12-13-33-27-25(23)24(17-4-2-1-3-5-17)26(30(41)37-27)29(40)34-14-15-38/h1-13,16,38H,14-15H2,(H,34,40)(H,36,39)(H2,33,35,37,41). The molecule has 2 amide bonds. The number of halogens is 2. The van der Waals surface area contributed by atoms with Crippen LogP contribution < -0.4 is 21.5 Å². The lowest BCUT2D eigenvalue weighted by atomic mass is 9.96. The van der Waals surface area contributed by atoms with Crippen molar-refractivity contribution < 1.29 is 23.5 Å². The molecule has 206 valence electrons. The summed E-state index contributed by atoms with van der Waals surface area (Å²) in [6.45, 7) is -0.314. The molecule has 0 aliphatic heterocycles. The number of aromatic nitrogens is 2. The smallest absolute Gasteiger partial charge is 0.263 e. The lowest BCUT2D eigenvalue weighted by molar-refractivity contribution is 0.0943. The zero-order valence-electron chi connectivity index (χ0n) is 21.4. The molecule has 0 atom stereocenters. The third kappa shape index (κ3) is 5.80. The van der Waals surface area contributed by atoms with E-state index in [4.69, 9.17) is 0 Å². The molecule has 5 aromatic rings. The van der Waals surface area contributed by atoms with E-state index in [2.05, 4.69) is 25.9 Å². The van der Waals surface area contributed by atoms with Crippen molar-refractivity contribution in [2.24, 2.45) is 0 Å². The van der Waals surface area contributed by atoms with E-state index in [1.807, 2.05) is 6.07 Å². The lowest BCUT2D eigenvalue weighted by Crippen LogP contribution is -2.32. The van der Waals surface area contributed by atoms with Crippen LogP contribution >= 0.6 is 0 Å². The number of nitrogens with zero attached hydrogens (tertiary/aromatic N) is 1. The minimum absolute atomic E-state index is 0.0261. The van der Waals surface area contributed by atoms with Crippen LogP contribution in [0.4, 0.5) is 25.8 Å². The molecule has 0 aliphatic rings. The van der Waals surface area contributed by atoms with Crippen LogP contribution in [0.3, 0.4) is 0 Å². The number of carbonyl (C=O) groups excluding carboxylic acids is 2. The molecule has 9 nitrogen and oxygen atoms in total. The minimum atomic E-state index is -1.12. The van der Waals surface area contributed by atoms with Gasteiger partial charge in [0.1, 0.15) is 11.2 Å². The van der Waals surface area contributed by atoms with Crippen LogP contribution in [0.2, 0.25) is 0 Å². The predicted octanol–water partition coefficient (Wildman–Crippen LogP) is 4.59. The van der Waals surface area contributed by atoms with Crippen molar-refractivity contribution in [1.82, 2.24) is 15.3 Å². The first-order valence-corrected chi connectivity index (χ1v) is 12.5. The average Bonchev–Trinajstić information content (AvgIpc) is 2.98. The van der Waals surface area contributed by atoms with Gasteiger partial charge < -0.3 is 26.0 Å². The molecule has 3 aromatic carbocycles. The first kappa shape index (κ1) is 27.2. The van der Waals surface area contributed by atoms with Gasteiger partial charge in [-0.05, 0) is 54.1 Å². The highest BCUT2D eigenvalue weighted by Gasteiger charge is 2.23. The third-order valence-electron chi connectivity index (χ3n) is 6.20. The van der Waals surface area contributed by atoms with Crippen LogP contribution in [0.1, 0.15) is 20.7 Å². The number of carbonyl (C=O) groups is 2. The first-order valence-electron chi connectivity index (χ1n) is 12.5. The SMILES string of the molecule is O=C(Nc1ccc(Nc2ccnc3[nH]c(=O)c(C(=O)NCCO)c(-c4ccccc4)c23)cc1)c1ccc(F)c(F)c1. The van der Waals surface area contributed by atoms with Gasteiger partial charge in [-0.1, -0.05) is 30.3 Å². The second kappa shape index (κ2) is 11.8. The predicted molar refractivity (Wildman–Crippen MR) is 151 cm³/mol. The molecule has 2 heterocycles. The van der Waals surface area contributed by atoms with Gasteiger partial charge in [0.15, 0.2) is 11.6 Å². The van der Waals surface area contributed by atoms with Crippen molar-refractivity contribution in [2.75, 3.05) is 23.8 Å². The van der Waals surface area contributed by atoms with Gasteiger partial charge >= 0.3 is 0 Å². The van der Waals surface area contributed by atoms with Crippen LogP contribution in [0, 0.1) is 11.6 Å². The number of hydrogen-bond donors (Lipinski definition) is 5. The summed E-state index contributed by atoms with van der Waals surface area (Å²) in [6.07, 6.45) is 1.51. The van der Waals surface area contributed by atoms with Crippen LogP contribution in [-0.2, 0) is 0 Å². The quantitative estimate of drug-likeness (QED) is 0.190. The highest BCUT2D eigenvalue weighted by Crippen LogP contribution is 2.35. The molecule has 0 fully saturated rings. The number of aromatic amines is 1. The van der Waals surface area contributed by atoms with Gasteiger partial charge in [-0.3, -0.25) is 14.4 Å². The van der Waals surface area contributed by atoms with Gasteiger partial charge in [-0.2, -0.15) is 0 Å². The van der Waals surface area contributed by atoms with Crippen LogP contribution in [-0.4, -0.2) is 40.0 Å². The summed E-state index contributed by atoms with van der Waals surface area (Å²) < 4.78 is 26.7. The molecule has 0 aliphatic carbocycles. The first-order chi connectivity index (χ1) is 19.9. The number of H-pyrrole nitrogens is 1. The maximum absolute atomic E-state index is 13.5. The molecule has 41 heavy (non-hydrogen) atoms. The van der Waals surface area contributed by atoms with Gasteiger partial charge in [-0.25, -0.2) is 13.8 Å². The van der Waals surface area contributed by atoms with Gasteiger partial charge in [0.05, 0.1) is 12.3 Å². The highest BCUT2D eigenvalue weighted by atomic mass is 19.2. The maximum Gasteiger partial charge on any atom is 0.263 e. The molecule has 0 saturated carbocycles. The van der Waals surface area contributed by atoms with Crippen molar-refractivity contribution in [3.8, 4) is 11.1 Å². The summed E-state index contributed by atoms with van der Waals surface area (Å²) in [6, 6.07) is 20.2. The number of hydrogen-bond acceptors (Lipinski definition) is 6. The van der Waals surface area contributed by atoms with E-state index in [0.29, 0.717) is 33.6 Å². The van der Waals surface area contributed by atoms with E-state index in [1.54, 1.807) is 54.6 Å². The number of benzene rings is 3. The van der Waals surface area contributed by atoms with Crippen molar-refractivity contribution in [2.45, 2.75) is 0 Å². The number of amides is 2. The largest absolute Gasteiger partial charge is 0.395 e. The highest BCUT2D eigenvalue weighted by molar-refractivity contribution is 6.12. The fraction of sp³-hybridized carbons (Fsp3) is 0.0667. The second-order valence-electron chi connectivity index (χ2n) is 8.92. The third-order valence-corrected chi connectivity index (χ3v) is 6.20. The van der Waals surface area contributed by atoms with Gasteiger partial charge in [0, 0.05) is 40.6 Å². The van der Waals surface area contributed by atoms with Gasteiger partial charge in [-0.15, -0.1) is 0 Å². The maximum atomic E-state index is 13.5. The molecule has 2 aromatic heterocycles. The van der Waals surface area contributed by atoms with E-state index in [0.717, 1.165) is 12.1 Å². The lowest BCUT2D eigenvalue weighted by Gasteiger charge is -2.16. The molecule has 0 unspecified atom stereocenters. The zero-order valence-corrected chi connectivity index (χ0v) is 21.4.